The summed E-state index contributed by atoms with van der Waals surface area (Å²) < 4.78 is 10.7. The van der Waals surface area contributed by atoms with Gasteiger partial charge in [0.05, 0.1) is 26.3 Å². The molecule has 0 aliphatic carbocycles. The normalized spacial score (nSPS) is 18.8. The lowest BCUT2D eigenvalue weighted by Crippen LogP contribution is -2.25. The number of carbonyl (C=O) groups excluding carboxylic acids is 1. The maximum atomic E-state index is 12.0. The highest BCUT2D eigenvalue weighted by Crippen LogP contribution is 2.31. The van der Waals surface area contributed by atoms with E-state index in [4.69, 9.17) is 9.47 Å². The number of benzene rings is 1. The summed E-state index contributed by atoms with van der Waals surface area (Å²) in [4.78, 5) is 13.8. The van der Waals surface area contributed by atoms with Crippen molar-refractivity contribution < 1.29 is 14.3 Å². The molecule has 1 amide bonds. The van der Waals surface area contributed by atoms with Gasteiger partial charge < -0.3 is 14.4 Å². The van der Waals surface area contributed by atoms with Crippen LogP contribution in [0.1, 0.15) is 12.0 Å². The smallest absolute Gasteiger partial charge is 0.223 e. The highest BCUT2D eigenvalue weighted by molar-refractivity contribution is 9.09. The predicted octanol–water partition coefficient (Wildman–Crippen LogP) is 2.45. The van der Waals surface area contributed by atoms with Gasteiger partial charge in [-0.05, 0) is 18.1 Å². The predicted molar refractivity (Wildman–Crippen MR) is 76.9 cm³/mol. The number of methoxy groups -OCH3 is 2. The number of carbonyl (C=O) groups is 1. The van der Waals surface area contributed by atoms with Crippen LogP contribution in [0.2, 0.25) is 0 Å². The lowest BCUT2D eigenvalue weighted by Gasteiger charge is -2.20. The molecule has 0 N–H and O–H groups in total. The Morgan fingerprint density at radius 1 is 1.32 bits per heavy atom. The number of ether oxygens (including phenoxy) is 2. The summed E-state index contributed by atoms with van der Waals surface area (Å²) in [6.45, 7) is 1.32. The van der Waals surface area contributed by atoms with Crippen molar-refractivity contribution in [3.63, 3.8) is 0 Å². The van der Waals surface area contributed by atoms with Gasteiger partial charge in [0, 0.05) is 18.3 Å². The average Bonchev–Trinajstić information content (AvgIpc) is 2.79. The van der Waals surface area contributed by atoms with Gasteiger partial charge in [-0.2, -0.15) is 0 Å². The first-order chi connectivity index (χ1) is 9.19. The molecular weight excluding hydrogens is 310 g/mol. The Balaban J connectivity index is 2.21. The zero-order valence-corrected chi connectivity index (χ0v) is 12.8. The van der Waals surface area contributed by atoms with Crippen molar-refractivity contribution in [1.29, 1.82) is 0 Å². The Morgan fingerprint density at radius 2 is 1.95 bits per heavy atom. The first-order valence-corrected chi connectivity index (χ1v) is 7.35. The summed E-state index contributed by atoms with van der Waals surface area (Å²) in [7, 11) is 3.26. The van der Waals surface area contributed by atoms with Gasteiger partial charge >= 0.3 is 0 Å². The van der Waals surface area contributed by atoms with Crippen molar-refractivity contribution in [3.8, 4) is 11.5 Å². The average molecular weight is 328 g/mol. The second-order valence-corrected chi connectivity index (χ2v) is 5.29. The van der Waals surface area contributed by atoms with E-state index in [1.54, 1.807) is 14.2 Å². The fourth-order valence-electron chi connectivity index (χ4n) is 2.38. The molecule has 1 heterocycles. The molecule has 1 unspecified atom stereocenters. The van der Waals surface area contributed by atoms with E-state index in [-0.39, 0.29) is 5.91 Å². The van der Waals surface area contributed by atoms with Crippen LogP contribution in [0, 0.1) is 5.92 Å². The van der Waals surface area contributed by atoms with Gasteiger partial charge in [-0.1, -0.05) is 22.0 Å². The molecule has 5 heteroatoms. The fourth-order valence-corrected chi connectivity index (χ4v) is 2.82. The Hall–Kier alpha value is -1.23. The number of rotatable bonds is 5. The topological polar surface area (TPSA) is 38.8 Å². The minimum absolute atomic E-state index is 0.192. The third kappa shape index (κ3) is 3.03. The van der Waals surface area contributed by atoms with Crippen molar-refractivity contribution in [1.82, 2.24) is 4.90 Å². The van der Waals surface area contributed by atoms with E-state index in [2.05, 4.69) is 15.9 Å². The van der Waals surface area contributed by atoms with Gasteiger partial charge in [0.2, 0.25) is 5.91 Å². The molecule has 0 radical (unpaired) electrons. The van der Waals surface area contributed by atoms with Crippen LogP contribution in [0.15, 0.2) is 18.2 Å². The number of halogens is 1. The first-order valence-electron chi connectivity index (χ1n) is 6.23. The molecule has 0 spiro atoms. The molecule has 1 fully saturated rings. The largest absolute Gasteiger partial charge is 0.496 e. The third-order valence-corrected chi connectivity index (χ3v) is 4.31. The van der Waals surface area contributed by atoms with E-state index < -0.39 is 0 Å². The van der Waals surface area contributed by atoms with Crippen LogP contribution in [0.5, 0.6) is 11.5 Å². The second kappa shape index (κ2) is 6.28. The van der Waals surface area contributed by atoms with Gasteiger partial charge in [-0.25, -0.2) is 0 Å². The van der Waals surface area contributed by atoms with E-state index in [0.29, 0.717) is 18.9 Å². The quantitative estimate of drug-likeness (QED) is 0.780. The minimum Gasteiger partial charge on any atom is -0.496 e. The van der Waals surface area contributed by atoms with Crippen LogP contribution in [-0.4, -0.2) is 36.9 Å². The molecule has 1 saturated heterocycles. The molecule has 1 aromatic carbocycles. The molecule has 1 aliphatic rings. The molecule has 0 aromatic heterocycles. The third-order valence-electron chi connectivity index (χ3n) is 3.39. The molecule has 1 aromatic rings. The number of nitrogens with zero attached hydrogens (tertiary/aromatic N) is 1. The number of hydrogen-bond donors (Lipinski definition) is 0. The highest BCUT2D eigenvalue weighted by Gasteiger charge is 2.30. The fraction of sp³-hybridized carbons (Fsp3) is 0.500. The van der Waals surface area contributed by atoms with Gasteiger partial charge in [0.25, 0.3) is 0 Å². The number of hydrogen-bond acceptors (Lipinski definition) is 3. The maximum absolute atomic E-state index is 12.0. The van der Waals surface area contributed by atoms with Crippen LogP contribution in [-0.2, 0) is 11.3 Å². The number of likely N-dealkylation sites (tertiary alicyclic amines) is 1. The van der Waals surface area contributed by atoms with Crippen LogP contribution >= 0.6 is 15.9 Å². The first kappa shape index (κ1) is 14.2. The number of alkyl halides is 1. The van der Waals surface area contributed by atoms with Crippen LogP contribution < -0.4 is 9.47 Å². The SMILES string of the molecule is COc1cccc(OC)c1CN1CC(CBr)CC1=O. The van der Waals surface area contributed by atoms with E-state index in [0.717, 1.165) is 28.9 Å². The molecule has 0 saturated carbocycles. The Labute approximate surface area is 121 Å². The standard InChI is InChI=1S/C14H18BrNO3/c1-18-12-4-3-5-13(19-2)11(12)9-16-8-10(7-15)6-14(16)17/h3-5,10H,6-9H2,1-2H3. The molecule has 4 nitrogen and oxygen atoms in total. The summed E-state index contributed by atoms with van der Waals surface area (Å²) in [5.74, 6) is 2.11. The van der Waals surface area contributed by atoms with E-state index in [1.165, 1.54) is 0 Å². The van der Waals surface area contributed by atoms with Crippen molar-refractivity contribution in [2.24, 2.45) is 5.92 Å². The summed E-state index contributed by atoms with van der Waals surface area (Å²) in [5.41, 5.74) is 0.927. The molecule has 0 bridgehead atoms. The lowest BCUT2D eigenvalue weighted by molar-refractivity contribution is -0.128. The Kier molecular flexibility index (Phi) is 4.69. The molecule has 1 atom stereocenters. The summed E-state index contributed by atoms with van der Waals surface area (Å²) in [6.07, 6.45) is 0.614. The molecule has 104 valence electrons. The zero-order chi connectivity index (χ0) is 13.8. The highest BCUT2D eigenvalue weighted by atomic mass is 79.9. The van der Waals surface area contributed by atoms with Gasteiger partial charge in [0.15, 0.2) is 0 Å². The maximum Gasteiger partial charge on any atom is 0.223 e. The van der Waals surface area contributed by atoms with Gasteiger partial charge in [-0.15, -0.1) is 0 Å². The summed E-state index contributed by atoms with van der Waals surface area (Å²) >= 11 is 3.44. The molecule has 19 heavy (non-hydrogen) atoms. The number of amides is 1. The molecule has 1 aliphatic heterocycles. The second-order valence-electron chi connectivity index (χ2n) is 4.64. The summed E-state index contributed by atoms with van der Waals surface area (Å²) in [6, 6.07) is 5.66. The Morgan fingerprint density at radius 3 is 2.42 bits per heavy atom. The Bertz CT molecular complexity index is 442. The molecule has 2 rings (SSSR count). The van der Waals surface area contributed by atoms with E-state index in [1.807, 2.05) is 23.1 Å². The monoisotopic (exact) mass is 327 g/mol. The molecular formula is C14H18BrNO3. The van der Waals surface area contributed by atoms with Crippen LogP contribution in [0.4, 0.5) is 0 Å². The zero-order valence-electron chi connectivity index (χ0n) is 11.2. The lowest BCUT2D eigenvalue weighted by atomic mass is 10.1. The van der Waals surface area contributed by atoms with Crippen molar-refractivity contribution in [2.75, 3.05) is 26.1 Å². The van der Waals surface area contributed by atoms with Crippen LogP contribution in [0.3, 0.4) is 0 Å². The summed E-state index contributed by atoms with van der Waals surface area (Å²) in [5, 5.41) is 0.859. The van der Waals surface area contributed by atoms with Crippen molar-refractivity contribution >= 4 is 21.8 Å². The van der Waals surface area contributed by atoms with E-state index in [9.17, 15) is 4.79 Å². The van der Waals surface area contributed by atoms with Gasteiger partial charge in [0.1, 0.15) is 11.5 Å². The van der Waals surface area contributed by atoms with Crippen molar-refractivity contribution in [3.05, 3.63) is 23.8 Å². The van der Waals surface area contributed by atoms with Gasteiger partial charge in [-0.3, -0.25) is 4.79 Å². The van der Waals surface area contributed by atoms with Crippen molar-refractivity contribution in [2.45, 2.75) is 13.0 Å². The van der Waals surface area contributed by atoms with E-state index >= 15 is 0 Å². The van der Waals surface area contributed by atoms with Crippen LogP contribution in [0.25, 0.3) is 0 Å². The minimum atomic E-state index is 0.192.